The number of carbonyl (C=O) groups excluding carboxylic acids is 1. The van der Waals surface area contributed by atoms with E-state index in [1.165, 1.54) is 14.0 Å². The minimum Gasteiger partial charge on any atom is -0.497 e. The summed E-state index contributed by atoms with van der Waals surface area (Å²) in [7, 11) is 2.67. The molecule has 0 aliphatic rings. The van der Waals surface area contributed by atoms with Crippen molar-refractivity contribution < 1.29 is 24.2 Å². The zero-order valence-electron chi connectivity index (χ0n) is 11.4. The van der Waals surface area contributed by atoms with Crippen molar-refractivity contribution >= 4 is 11.9 Å². The standard InChI is InChI=1S/C13H17NO5/c1-8-5-10(18-3)6-9(14-8)7-13(2,11(15)16)12(17)19-4/h5-6H,7H2,1-4H3,(H,15,16). The van der Waals surface area contributed by atoms with Crippen LogP contribution in [0.1, 0.15) is 18.3 Å². The number of pyridine rings is 1. The Hall–Kier alpha value is -2.11. The Balaban J connectivity index is 3.13. The van der Waals surface area contributed by atoms with E-state index in [2.05, 4.69) is 9.72 Å². The summed E-state index contributed by atoms with van der Waals surface area (Å²) in [5.41, 5.74) is -0.514. The lowest BCUT2D eigenvalue weighted by Gasteiger charge is -2.21. The number of carboxylic acids is 1. The van der Waals surface area contributed by atoms with Gasteiger partial charge in [-0.3, -0.25) is 14.6 Å². The summed E-state index contributed by atoms with van der Waals surface area (Å²) in [5.74, 6) is -1.48. The van der Waals surface area contributed by atoms with Crippen molar-refractivity contribution in [1.82, 2.24) is 4.98 Å². The summed E-state index contributed by atoms with van der Waals surface area (Å²) < 4.78 is 9.65. The summed E-state index contributed by atoms with van der Waals surface area (Å²) in [6.45, 7) is 3.08. The maximum absolute atomic E-state index is 11.7. The Morgan fingerprint density at radius 3 is 2.47 bits per heavy atom. The number of hydrogen-bond donors (Lipinski definition) is 1. The van der Waals surface area contributed by atoms with Gasteiger partial charge >= 0.3 is 11.9 Å². The van der Waals surface area contributed by atoms with E-state index in [0.29, 0.717) is 17.1 Å². The second kappa shape index (κ2) is 5.69. The number of aryl methyl sites for hydroxylation is 1. The number of nitrogens with zero attached hydrogens (tertiary/aromatic N) is 1. The highest BCUT2D eigenvalue weighted by Crippen LogP contribution is 2.26. The third-order valence-corrected chi connectivity index (χ3v) is 2.86. The van der Waals surface area contributed by atoms with E-state index in [-0.39, 0.29) is 6.42 Å². The van der Waals surface area contributed by atoms with Crippen molar-refractivity contribution in [2.24, 2.45) is 5.41 Å². The van der Waals surface area contributed by atoms with Crippen molar-refractivity contribution in [3.8, 4) is 5.75 Å². The van der Waals surface area contributed by atoms with Crippen molar-refractivity contribution in [3.05, 3.63) is 23.5 Å². The SMILES string of the molecule is COC(=O)C(C)(Cc1cc(OC)cc(C)n1)C(=O)O. The smallest absolute Gasteiger partial charge is 0.323 e. The van der Waals surface area contributed by atoms with Crippen LogP contribution in [0.15, 0.2) is 12.1 Å². The Morgan fingerprint density at radius 2 is 2.00 bits per heavy atom. The Labute approximate surface area is 111 Å². The molecule has 1 N–H and O–H groups in total. The van der Waals surface area contributed by atoms with Crippen LogP contribution < -0.4 is 4.74 Å². The van der Waals surface area contributed by atoms with Gasteiger partial charge in [-0.15, -0.1) is 0 Å². The monoisotopic (exact) mass is 267 g/mol. The van der Waals surface area contributed by atoms with Crippen LogP contribution >= 0.6 is 0 Å². The lowest BCUT2D eigenvalue weighted by molar-refractivity contribution is -0.165. The molecule has 0 aromatic carbocycles. The Bertz CT molecular complexity index is 500. The second-order valence-electron chi connectivity index (χ2n) is 4.45. The molecule has 104 valence electrons. The number of methoxy groups -OCH3 is 2. The van der Waals surface area contributed by atoms with Crippen molar-refractivity contribution in [2.45, 2.75) is 20.3 Å². The van der Waals surface area contributed by atoms with Crippen molar-refractivity contribution in [2.75, 3.05) is 14.2 Å². The molecule has 1 aromatic rings. The summed E-state index contributed by atoms with van der Waals surface area (Å²) >= 11 is 0. The zero-order valence-corrected chi connectivity index (χ0v) is 11.4. The van der Waals surface area contributed by atoms with Crippen LogP contribution in [0.2, 0.25) is 0 Å². The minimum atomic E-state index is -1.67. The van der Waals surface area contributed by atoms with Crippen molar-refractivity contribution in [1.29, 1.82) is 0 Å². The molecule has 0 saturated heterocycles. The summed E-state index contributed by atoms with van der Waals surface area (Å²) in [6, 6.07) is 3.33. The predicted octanol–water partition coefficient (Wildman–Crippen LogP) is 1.21. The fourth-order valence-corrected chi connectivity index (χ4v) is 1.73. The van der Waals surface area contributed by atoms with Gasteiger partial charge in [0.05, 0.1) is 14.2 Å². The largest absolute Gasteiger partial charge is 0.497 e. The molecule has 0 aliphatic carbocycles. The number of ether oxygens (including phenoxy) is 2. The van der Waals surface area contributed by atoms with Gasteiger partial charge in [0, 0.05) is 29.9 Å². The minimum absolute atomic E-state index is 0.0625. The summed E-state index contributed by atoms with van der Waals surface area (Å²) in [5, 5.41) is 9.23. The Morgan fingerprint density at radius 1 is 1.37 bits per heavy atom. The molecule has 1 unspecified atom stereocenters. The van der Waals surface area contributed by atoms with Gasteiger partial charge in [0.25, 0.3) is 0 Å². The van der Waals surface area contributed by atoms with Crippen LogP contribution in [0.4, 0.5) is 0 Å². The lowest BCUT2D eigenvalue weighted by atomic mass is 9.85. The quantitative estimate of drug-likeness (QED) is 0.637. The number of rotatable bonds is 5. The zero-order chi connectivity index (χ0) is 14.6. The fourth-order valence-electron chi connectivity index (χ4n) is 1.73. The fraction of sp³-hybridized carbons (Fsp3) is 0.462. The molecule has 0 fully saturated rings. The first-order chi connectivity index (χ1) is 8.83. The van der Waals surface area contributed by atoms with Crippen LogP contribution in [0.3, 0.4) is 0 Å². The van der Waals surface area contributed by atoms with E-state index in [1.54, 1.807) is 19.1 Å². The summed E-state index contributed by atoms with van der Waals surface area (Å²) in [4.78, 5) is 27.2. The van der Waals surface area contributed by atoms with E-state index in [4.69, 9.17) is 4.74 Å². The highest BCUT2D eigenvalue weighted by atomic mass is 16.5. The molecule has 1 heterocycles. The van der Waals surface area contributed by atoms with Crippen LogP contribution in [0, 0.1) is 12.3 Å². The number of hydrogen-bond acceptors (Lipinski definition) is 5. The Kier molecular flexibility index (Phi) is 4.47. The average molecular weight is 267 g/mol. The van der Waals surface area contributed by atoms with Gasteiger partial charge in [0.1, 0.15) is 5.75 Å². The highest BCUT2D eigenvalue weighted by molar-refractivity contribution is 5.98. The van der Waals surface area contributed by atoms with Gasteiger partial charge in [-0.25, -0.2) is 0 Å². The van der Waals surface area contributed by atoms with E-state index in [1.807, 2.05) is 0 Å². The first kappa shape index (κ1) is 14.9. The molecule has 0 saturated carbocycles. The first-order valence-electron chi connectivity index (χ1n) is 5.67. The van der Waals surface area contributed by atoms with Gasteiger partial charge in [0.2, 0.25) is 0 Å². The molecule has 0 aliphatic heterocycles. The molecule has 6 heteroatoms. The van der Waals surface area contributed by atoms with Crippen LogP contribution in [-0.2, 0) is 20.7 Å². The normalized spacial score (nSPS) is 13.5. The summed E-state index contributed by atoms with van der Waals surface area (Å²) in [6.07, 6.45) is -0.0625. The molecular formula is C13H17NO5. The van der Waals surface area contributed by atoms with E-state index < -0.39 is 17.4 Å². The number of aliphatic carboxylic acids is 1. The van der Waals surface area contributed by atoms with Crippen molar-refractivity contribution in [3.63, 3.8) is 0 Å². The van der Waals surface area contributed by atoms with E-state index in [0.717, 1.165) is 7.11 Å². The highest BCUT2D eigenvalue weighted by Gasteiger charge is 2.43. The number of esters is 1. The third kappa shape index (κ3) is 3.21. The molecule has 1 rings (SSSR count). The topological polar surface area (TPSA) is 85.7 Å². The molecule has 19 heavy (non-hydrogen) atoms. The molecule has 1 atom stereocenters. The number of carbonyl (C=O) groups is 2. The lowest BCUT2D eigenvalue weighted by Crippen LogP contribution is -2.39. The molecule has 0 spiro atoms. The maximum atomic E-state index is 11.7. The second-order valence-corrected chi connectivity index (χ2v) is 4.45. The van der Waals surface area contributed by atoms with Crippen LogP contribution in [-0.4, -0.2) is 36.2 Å². The van der Waals surface area contributed by atoms with Gasteiger partial charge in [-0.1, -0.05) is 0 Å². The van der Waals surface area contributed by atoms with E-state index >= 15 is 0 Å². The maximum Gasteiger partial charge on any atom is 0.323 e. The predicted molar refractivity (Wildman–Crippen MR) is 67.0 cm³/mol. The molecule has 1 aromatic heterocycles. The van der Waals surface area contributed by atoms with Gasteiger partial charge in [-0.05, 0) is 13.8 Å². The van der Waals surface area contributed by atoms with Gasteiger partial charge in [0.15, 0.2) is 5.41 Å². The molecule has 6 nitrogen and oxygen atoms in total. The van der Waals surface area contributed by atoms with Gasteiger partial charge < -0.3 is 14.6 Å². The van der Waals surface area contributed by atoms with Crippen LogP contribution in [0.5, 0.6) is 5.75 Å². The molecule has 0 radical (unpaired) electrons. The van der Waals surface area contributed by atoms with Crippen LogP contribution in [0.25, 0.3) is 0 Å². The molecule has 0 bridgehead atoms. The van der Waals surface area contributed by atoms with Gasteiger partial charge in [-0.2, -0.15) is 0 Å². The molecule has 0 amide bonds. The number of carboxylic acid groups (broad SMARTS) is 1. The molecular weight excluding hydrogens is 250 g/mol. The van der Waals surface area contributed by atoms with E-state index in [9.17, 15) is 14.7 Å². The average Bonchev–Trinajstić information content (AvgIpc) is 2.36. The first-order valence-corrected chi connectivity index (χ1v) is 5.67. The third-order valence-electron chi connectivity index (χ3n) is 2.86. The number of aromatic nitrogens is 1.